The Kier molecular flexibility index (Phi) is 4.95. The number of aryl methyl sites for hydroxylation is 1. The Morgan fingerprint density at radius 1 is 1.12 bits per heavy atom. The van der Waals surface area contributed by atoms with Crippen LogP contribution in [0.25, 0.3) is 16.9 Å². The lowest BCUT2D eigenvalue weighted by Crippen LogP contribution is -2.32. The van der Waals surface area contributed by atoms with Crippen molar-refractivity contribution in [3.63, 3.8) is 0 Å². The number of pyridine rings is 1. The molecule has 1 fully saturated rings. The normalized spacial score (nSPS) is 14.8. The standard InChI is InChI=1S/C21H24N4O/c26-20(23-16-8-4-5-9-16)14-6-13-19-24-18-12-7-15-22-21(18)25(19)17-10-2-1-3-11-17/h1-3,7,10-12,15-16H,4-6,8-9,13-14H2,(H,23,26). The van der Waals surface area contributed by atoms with E-state index in [1.54, 1.807) is 6.20 Å². The van der Waals surface area contributed by atoms with E-state index in [4.69, 9.17) is 4.98 Å². The molecule has 0 unspecified atom stereocenters. The fraction of sp³-hybridized carbons (Fsp3) is 0.381. The minimum Gasteiger partial charge on any atom is -0.353 e. The molecule has 1 N–H and O–H groups in total. The summed E-state index contributed by atoms with van der Waals surface area (Å²) < 4.78 is 2.10. The lowest BCUT2D eigenvalue weighted by molar-refractivity contribution is -0.121. The summed E-state index contributed by atoms with van der Waals surface area (Å²) in [5.74, 6) is 1.12. The molecular formula is C21H24N4O. The van der Waals surface area contributed by atoms with E-state index < -0.39 is 0 Å². The molecule has 1 saturated carbocycles. The third kappa shape index (κ3) is 3.62. The molecule has 134 valence electrons. The van der Waals surface area contributed by atoms with Gasteiger partial charge in [-0.2, -0.15) is 0 Å². The summed E-state index contributed by atoms with van der Waals surface area (Å²) in [6.07, 6.45) is 8.60. The minimum absolute atomic E-state index is 0.164. The van der Waals surface area contributed by atoms with E-state index in [1.807, 2.05) is 30.3 Å². The average molecular weight is 348 g/mol. The van der Waals surface area contributed by atoms with Gasteiger partial charge in [0.2, 0.25) is 5.91 Å². The summed E-state index contributed by atoms with van der Waals surface area (Å²) in [5.41, 5.74) is 2.81. The first kappa shape index (κ1) is 16.8. The predicted octanol–water partition coefficient (Wildman–Crippen LogP) is 3.80. The molecule has 5 nitrogen and oxygen atoms in total. The Morgan fingerprint density at radius 2 is 1.92 bits per heavy atom. The molecule has 0 bridgehead atoms. The molecule has 4 rings (SSSR count). The van der Waals surface area contributed by atoms with Crippen LogP contribution in [0.15, 0.2) is 48.7 Å². The summed E-state index contributed by atoms with van der Waals surface area (Å²) in [6.45, 7) is 0. The Balaban J connectivity index is 1.48. The van der Waals surface area contributed by atoms with E-state index in [-0.39, 0.29) is 5.91 Å². The third-order valence-electron chi connectivity index (χ3n) is 5.02. The minimum atomic E-state index is 0.164. The summed E-state index contributed by atoms with van der Waals surface area (Å²) >= 11 is 0. The van der Waals surface area contributed by atoms with Gasteiger partial charge in [0.05, 0.1) is 0 Å². The second kappa shape index (κ2) is 7.68. The van der Waals surface area contributed by atoms with Crippen LogP contribution in [0.4, 0.5) is 0 Å². The number of amides is 1. The number of nitrogens with one attached hydrogen (secondary N) is 1. The number of para-hydroxylation sites is 1. The van der Waals surface area contributed by atoms with Crippen molar-refractivity contribution < 1.29 is 4.79 Å². The summed E-state index contributed by atoms with van der Waals surface area (Å²) in [4.78, 5) is 21.4. The van der Waals surface area contributed by atoms with E-state index in [0.717, 1.165) is 48.4 Å². The molecule has 1 aromatic carbocycles. The van der Waals surface area contributed by atoms with Crippen molar-refractivity contribution in [2.24, 2.45) is 0 Å². The number of fused-ring (bicyclic) bond motifs is 1. The van der Waals surface area contributed by atoms with Gasteiger partial charge >= 0.3 is 0 Å². The predicted molar refractivity (Wildman–Crippen MR) is 102 cm³/mol. The highest BCUT2D eigenvalue weighted by Gasteiger charge is 2.17. The number of carbonyl (C=O) groups is 1. The number of carbonyl (C=O) groups excluding carboxylic acids is 1. The van der Waals surface area contributed by atoms with Gasteiger partial charge in [-0.3, -0.25) is 9.36 Å². The van der Waals surface area contributed by atoms with Crippen molar-refractivity contribution in [2.45, 2.75) is 51.0 Å². The zero-order valence-electron chi connectivity index (χ0n) is 14.9. The first-order chi connectivity index (χ1) is 12.8. The Labute approximate surface area is 153 Å². The molecule has 0 saturated heterocycles. The second-order valence-electron chi connectivity index (χ2n) is 6.95. The SMILES string of the molecule is O=C(CCCc1nc2cccnc2n1-c1ccccc1)NC1CCCC1. The van der Waals surface area contributed by atoms with Gasteiger partial charge in [-0.25, -0.2) is 9.97 Å². The number of aromatic nitrogens is 3. The van der Waals surface area contributed by atoms with E-state index >= 15 is 0 Å². The van der Waals surface area contributed by atoms with Crippen LogP contribution in [-0.2, 0) is 11.2 Å². The largest absolute Gasteiger partial charge is 0.353 e. The number of hydrogen-bond donors (Lipinski definition) is 1. The zero-order valence-corrected chi connectivity index (χ0v) is 14.9. The van der Waals surface area contributed by atoms with Crippen LogP contribution in [-0.4, -0.2) is 26.5 Å². The van der Waals surface area contributed by atoms with Crippen molar-refractivity contribution in [1.82, 2.24) is 19.9 Å². The van der Waals surface area contributed by atoms with Crippen LogP contribution in [0.3, 0.4) is 0 Å². The lowest BCUT2D eigenvalue weighted by Gasteiger charge is -2.12. The topological polar surface area (TPSA) is 59.8 Å². The van der Waals surface area contributed by atoms with Gasteiger partial charge in [0.15, 0.2) is 5.65 Å². The third-order valence-corrected chi connectivity index (χ3v) is 5.02. The van der Waals surface area contributed by atoms with Crippen LogP contribution >= 0.6 is 0 Å². The fourth-order valence-electron chi connectivity index (χ4n) is 3.75. The molecule has 2 aromatic heterocycles. The van der Waals surface area contributed by atoms with Gasteiger partial charge in [0, 0.05) is 30.8 Å². The molecule has 3 aromatic rings. The molecule has 0 radical (unpaired) electrons. The van der Waals surface area contributed by atoms with Gasteiger partial charge < -0.3 is 5.32 Å². The maximum Gasteiger partial charge on any atom is 0.220 e. The van der Waals surface area contributed by atoms with Crippen molar-refractivity contribution in [2.75, 3.05) is 0 Å². The second-order valence-corrected chi connectivity index (χ2v) is 6.95. The van der Waals surface area contributed by atoms with Gasteiger partial charge in [0.1, 0.15) is 11.3 Å². The van der Waals surface area contributed by atoms with Crippen LogP contribution in [0.5, 0.6) is 0 Å². The van der Waals surface area contributed by atoms with E-state index in [1.165, 1.54) is 12.8 Å². The van der Waals surface area contributed by atoms with Crippen molar-refractivity contribution in [3.05, 3.63) is 54.5 Å². The molecule has 2 heterocycles. The molecule has 1 amide bonds. The number of rotatable bonds is 6. The average Bonchev–Trinajstić information content (AvgIpc) is 3.29. The molecular weight excluding hydrogens is 324 g/mol. The smallest absolute Gasteiger partial charge is 0.220 e. The molecule has 0 aliphatic heterocycles. The van der Waals surface area contributed by atoms with Gasteiger partial charge in [-0.1, -0.05) is 31.0 Å². The Bertz CT molecular complexity index is 881. The highest BCUT2D eigenvalue weighted by Crippen LogP contribution is 2.21. The first-order valence-electron chi connectivity index (χ1n) is 9.48. The van der Waals surface area contributed by atoms with Crippen LogP contribution in [0.1, 0.15) is 44.3 Å². The molecule has 1 aliphatic rings. The Morgan fingerprint density at radius 3 is 2.73 bits per heavy atom. The van der Waals surface area contributed by atoms with Crippen molar-refractivity contribution >= 4 is 17.1 Å². The van der Waals surface area contributed by atoms with E-state index in [9.17, 15) is 4.79 Å². The summed E-state index contributed by atoms with van der Waals surface area (Å²) in [7, 11) is 0. The molecule has 0 spiro atoms. The Hall–Kier alpha value is -2.69. The lowest BCUT2D eigenvalue weighted by atomic mass is 10.2. The number of imidazole rings is 1. The molecule has 26 heavy (non-hydrogen) atoms. The highest BCUT2D eigenvalue weighted by atomic mass is 16.1. The highest BCUT2D eigenvalue weighted by molar-refractivity contribution is 5.76. The number of nitrogens with zero attached hydrogens (tertiary/aromatic N) is 3. The fourth-order valence-corrected chi connectivity index (χ4v) is 3.75. The van der Waals surface area contributed by atoms with E-state index in [0.29, 0.717) is 12.5 Å². The van der Waals surface area contributed by atoms with E-state index in [2.05, 4.69) is 27.0 Å². The number of hydrogen-bond acceptors (Lipinski definition) is 3. The van der Waals surface area contributed by atoms with Crippen molar-refractivity contribution in [1.29, 1.82) is 0 Å². The van der Waals surface area contributed by atoms with Crippen LogP contribution < -0.4 is 5.32 Å². The summed E-state index contributed by atoms with van der Waals surface area (Å²) in [6, 6.07) is 14.4. The van der Waals surface area contributed by atoms with Crippen LogP contribution in [0, 0.1) is 0 Å². The molecule has 0 atom stereocenters. The zero-order chi connectivity index (χ0) is 17.8. The van der Waals surface area contributed by atoms with Gasteiger partial charge in [-0.15, -0.1) is 0 Å². The molecule has 5 heteroatoms. The quantitative estimate of drug-likeness (QED) is 0.737. The maximum absolute atomic E-state index is 12.2. The first-order valence-corrected chi connectivity index (χ1v) is 9.48. The van der Waals surface area contributed by atoms with Crippen LogP contribution in [0.2, 0.25) is 0 Å². The number of benzene rings is 1. The van der Waals surface area contributed by atoms with Crippen molar-refractivity contribution in [3.8, 4) is 5.69 Å². The molecule has 1 aliphatic carbocycles. The summed E-state index contributed by atoms with van der Waals surface area (Å²) in [5, 5.41) is 3.16. The maximum atomic E-state index is 12.2. The monoisotopic (exact) mass is 348 g/mol. The van der Waals surface area contributed by atoms with Gasteiger partial charge in [0.25, 0.3) is 0 Å². The van der Waals surface area contributed by atoms with Gasteiger partial charge in [-0.05, 0) is 43.5 Å².